The van der Waals surface area contributed by atoms with Crippen molar-refractivity contribution < 1.29 is 0 Å². The van der Waals surface area contributed by atoms with Crippen molar-refractivity contribution in [1.82, 2.24) is 0 Å². The third-order valence-electron chi connectivity index (χ3n) is 2.92. The summed E-state index contributed by atoms with van der Waals surface area (Å²) in [6, 6.07) is 8.37. The van der Waals surface area contributed by atoms with Gasteiger partial charge in [-0.05, 0) is 35.6 Å². The molecule has 1 aromatic rings. The Morgan fingerprint density at radius 3 is 2.24 bits per heavy atom. The Kier molecular flexibility index (Phi) is 5.24. The summed E-state index contributed by atoms with van der Waals surface area (Å²) in [7, 11) is 0. The number of nitriles is 2. The molecule has 2 heteroatoms. The van der Waals surface area contributed by atoms with Gasteiger partial charge in [0, 0.05) is 0 Å². The molecule has 0 N–H and O–H groups in total. The Bertz CT molecular complexity index is 461. The Morgan fingerprint density at radius 2 is 1.71 bits per heavy atom. The van der Waals surface area contributed by atoms with E-state index in [-0.39, 0.29) is 0 Å². The first-order valence-corrected chi connectivity index (χ1v) is 6.19. The van der Waals surface area contributed by atoms with Crippen LogP contribution in [0.15, 0.2) is 12.1 Å². The lowest BCUT2D eigenvalue weighted by Crippen LogP contribution is -2.03. The lowest BCUT2D eigenvalue weighted by atomic mass is 9.90. The smallest absolute Gasteiger partial charge is 0.0994 e. The standard InChI is InChI=1S/C15H18N2/c1-3-5-12-7-8-13(11-17)14(6-4-2)15(12)9-10-16/h7-8H,3-6,9H2,1-2H3. The third kappa shape index (κ3) is 3.08. The van der Waals surface area contributed by atoms with Gasteiger partial charge in [-0.25, -0.2) is 0 Å². The van der Waals surface area contributed by atoms with E-state index in [2.05, 4.69) is 26.0 Å². The van der Waals surface area contributed by atoms with E-state index in [0.717, 1.165) is 42.4 Å². The highest BCUT2D eigenvalue weighted by Crippen LogP contribution is 2.22. The van der Waals surface area contributed by atoms with E-state index in [4.69, 9.17) is 10.5 Å². The molecule has 0 saturated carbocycles. The van der Waals surface area contributed by atoms with Crippen LogP contribution in [-0.2, 0) is 19.3 Å². The van der Waals surface area contributed by atoms with Crippen LogP contribution in [0.3, 0.4) is 0 Å². The zero-order chi connectivity index (χ0) is 12.7. The van der Waals surface area contributed by atoms with Gasteiger partial charge in [-0.1, -0.05) is 32.8 Å². The number of nitrogens with zero attached hydrogens (tertiary/aromatic N) is 2. The summed E-state index contributed by atoms with van der Waals surface area (Å²) < 4.78 is 0. The Hall–Kier alpha value is -1.80. The molecule has 0 saturated heterocycles. The van der Waals surface area contributed by atoms with Crippen LogP contribution in [0.5, 0.6) is 0 Å². The van der Waals surface area contributed by atoms with E-state index < -0.39 is 0 Å². The van der Waals surface area contributed by atoms with Crippen LogP contribution >= 0.6 is 0 Å². The van der Waals surface area contributed by atoms with Crippen molar-refractivity contribution in [2.75, 3.05) is 0 Å². The quantitative estimate of drug-likeness (QED) is 0.771. The van der Waals surface area contributed by atoms with Gasteiger partial charge < -0.3 is 0 Å². The highest BCUT2D eigenvalue weighted by atomic mass is 14.3. The molecule has 0 heterocycles. The van der Waals surface area contributed by atoms with Gasteiger partial charge in [-0.2, -0.15) is 10.5 Å². The molecule has 88 valence electrons. The van der Waals surface area contributed by atoms with E-state index >= 15 is 0 Å². The maximum Gasteiger partial charge on any atom is 0.0994 e. The van der Waals surface area contributed by atoms with E-state index in [1.165, 1.54) is 5.56 Å². The number of aryl methyl sites for hydroxylation is 1. The number of benzene rings is 1. The van der Waals surface area contributed by atoms with Crippen molar-refractivity contribution in [3.8, 4) is 12.1 Å². The molecule has 0 atom stereocenters. The first-order chi connectivity index (χ1) is 8.28. The van der Waals surface area contributed by atoms with Crippen LogP contribution in [0.4, 0.5) is 0 Å². The fraction of sp³-hybridized carbons (Fsp3) is 0.467. The summed E-state index contributed by atoms with van der Waals surface area (Å²) in [6.45, 7) is 4.23. The van der Waals surface area contributed by atoms with Gasteiger partial charge in [0.15, 0.2) is 0 Å². The van der Waals surface area contributed by atoms with Crippen LogP contribution in [0.1, 0.15) is 48.9 Å². The summed E-state index contributed by atoms with van der Waals surface area (Å²) in [6.07, 6.45) is 4.36. The zero-order valence-electron chi connectivity index (χ0n) is 10.6. The minimum atomic E-state index is 0.417. The van der Waals surface area contributed by atoms with Crippen molar-refractivity contribution in [3.63, 3.8) is 0 Å². The van der Waals surface area contributed by atoms with Gasteiger partial charge in [-0.15, -0.1) is 0 Å². The fourth-order valence-electron chi connectivity index (χ4n) is 2.18. The van der Waals surface area contributed by atoms with Crippen molar-refractivity contribution >= 4 is 0 Å². The van der Waals surface area contributed by atoms with Crippen molar-refractivity contribution in [3.05, 3.63) is 34.4 Å². The van der Waals surface area contributed by atoms with Crippen LogP contribution < -0.4 is 0 Å². The average Bonchev–Trinajstić information content (AvgIpc) is 2.34. The molecule has 1 rings (SSSR count). The molecule has 0 aliphatic carbocycles. The Balaban J connectivity index is 3.32. The molecular weight excluding hydrogens is 208 g/mol. The van der Waals surface area contributed by atoms with Gasteiger partial charge in [0.05, 0.1) is 24.1 Å². The van der Waals surface area contributed by atoms with Gasteiger partial charge in [0.1, 0.15) is 0 Å². The molecule has 0 amide bonds. The molecule has 0 spiro atoms. The monoisotopic (exact) mass is 226 g/mol. The SMILES string of the molecule is CCCc1ccc(C#N)c(CCC)c1CC#N. The van der Waals surface area contributed by atoms with E-state index in [0.29, 0.717) is 6.42 Å². The zero-order valence-corrected chi connectivity index (χ0v) is 10.6. The molecule has 0 aliphatic rings. The van der Waals surface area contributed by atoms with Crippen molar-refractivity contribution in [1.29, 1.82) is 10.5 Å². The third-order valence-corrected chi connectivity index (χ3v) is 2.92. The molecule has 17 heavy (non-hydrogen) atoms. The second kappa shape index (κ2) is 6.71. The molecule has 1 aromatic carbocycles. The Labute approximate surface area is 104 Å². The highest BCUT2D eigenvalue weighted by Gasteiger charge is 2.11. The summed E-state index contributed by atoms with van der Waals surface area (Å²) in [5.74, 6) is 0. The normalized spacial score (nSPS) is 9.65. The van der Waals surface area contributed by atoms with E-state index in [1.54, 1.807) is 0 Å². The van der Waals surface area contributed by atoms with Gasteiger partial charge in [0.2, 0.25) is 0 Å². The van der Waals surface area contributed by atoms with Crippen molar-refractivity contribution in [2.24, 2.45) is 0 Å². The molecular formula is C15H18N2. The maximum absolute atomic E-state index is 9.13. The highest BCUT2D eigenvalue weighted by molar-refractivity contribution is 5.48. The second-order valence-corrected chi connectivity index (χ2v) is 4.18. The topological polar surface area (TPSA) is 47.6 Å². The fourth-order valence-corrected chi connectivity index (χ4v) is 2.18. The van der Waals surface area contributed by atoms with Gasteiger partial charge in [-0.3, -0.25) is 0 Å². The van der Waals surface area contributed by atoms with Crippen LogP contribution in [-0.4, -0.2) is 0 Å². The lowest BCUT2D eigenvalue weighted by molar-refractivity contribution is 0.868. The van der Waals surface area contributed by atoms with Crippen LogP contribution in [0.2, 0.25) is 0 Å². The molecule has 0 bridgehead atoms. The van der Waals surface area contributed by atoms with E-state index in [1.807, 2.05) is 12.1 Å². The predicted octanol–water partition coefficient (Wildman–Crippen LogP) is 3.53. The van der Waals surface area contributed by atoms with Gasteiger partial charge >= 0.3 is 0 Å². The molecule has 0 radical (unpaired) electrons. The lowest BCUT2D eigenvalue weighted by Gasteiger charge is -2.13. The molecule has 0 unspecified atom stereocenters. The van der Waals surface area contributed by atoms with Crippen LogP contribution in [0, 0.1) is 22.7 Å². The largest absolute Gasteiger partial charge is 0.198 e. The second-order valence-electron chi connectivity index (χ2n) is 4.18. The molecule has 0 aliphatic heterocycles. The summed E-state index contributed by atoms with van der Waals surface area (Å²) in [4.78, 5) is 0. The number of hydrogen-bond acceptors (Lipinski definition) is 2. The summed E-state index contributed by atoms with van der Waals surface area (Å²) >= 11 is 0. The minimum absolute atomic E-state index is 0.417. The first kappa shape index (κ1) is 13.3. The maximum atomic E-state index is 9.13. The molecule has 0 aromatic heterocycles. The van der Waals surface area contributed by atoms with E-state index in [9.17, 15) is 0 Å². The first-order valence-electron chi connectivity index (χ1n) is 6.19. The van der Waals surface area contributed by atoms with Crippen molar-refractivity contribution in [2.45, 2.75) is 46.0 Å². The van der Waals surface area contributed by atoms with Gasteiger partial charge in [0.25, 0.3) is 0 Å². The average molecular weight is 226 g/mol. The van der Waals surface area contributed by atoms with Crippen LogP contribution in [0.25, 0.3) is 0 Å². The molecule has 0 fully saturated rings. The predicted molar refractivity (Wildman–Crippen MR) is 68.5 cm³/mol. The minimum Gasteiger partial charge on any atom is -0.198 e. The number of rotatable bonds is 5. The summed E-state index contributed by atoms with van der Waals surface area (Å²) in [5.41, 5.74) is 4.14. The Morgan fingerprint density at radius 1 is 1.00 bits per heavy atom. The summed E-state index contributed by atoms with van der Waals surface area (Å²) in [5, 5.41) is 18.1. The molecule has 2 nitrogen and oxygen atoms in total. The number of hydrogen-bond donors (Lipinski definition) is 0.